The molecule has 27 heavy (non-hydrogen) atoms. The highest BCUT2D eigenvalue weighted by molar-refractivity contribution is 5.74. The molecular weight excluding hydrogens is 336 g/mol. The number of nitrogens with zero attached hydrogens (tertiary/aromatic N) is 2. The van der Waals surface area contributed by atoms with Gasteiger partial charge in [0, 0.05) is 17.4 Å². The van der Waals surface area contributed by atoms with Crippen molar-refractivity contribution < 1.29 is 9.53 Å². The van der Waals surface area contributed by atoms with Gasteiger partial charge in [0.1, 0.15) is 6.61 Å². The number of aromatic nitrogens is 1. The van der Waals surface area contributed by atoms with Crippen molar-refractivity contribution in [2.75, 3.05) is 0 Å². The van der Waals surface area contributed by atoms with Crippen LogP contribution in [0.5, 0.6) is 0 Å². The summed E-state index contributed by atoms with van der Waals surface area (Å²) in [7, 11) is 0. The number of pyridine rings is 1. The van der Waals surface area contributed by atoms with Crippen LogP contribution >= 0.6 is 0 Å². The van der Waals surface area contributed by atoms with Gasteiger partial charge in [-0.05, 0) is 68.4 Å². The number of hydrogen-bond donors (Lipinski definition) is 0. The van der Waals surface area contributed by atoms with Gasteiger partial charge in [-0.15, -0.1) is 0 Å². The lowest BCUT2D eigenvalue weighted by Crippen LogP contribution is -2.51. The fraction of sp³-hybridized carbons (Fsp3) is 0.391. The summed E-state index contributed by atoms with van der Waals surface area (Å²) < 4.78 is 5.63. The number of rotatable bonds is 3. The zero-order valence-corrected chi connectivity index (χ0v) is 16.0. The topological polar surface area (TPSA) is 42.4 Å². The molecule has 3 heterocycles. The molecule has 2 aromatic rings. The molecular formula is C23H26N2O2. The fourth-order valence-electron chi connectivity index (χ4n) is 4.34. The number of ether oxygens (including phenoxy) is 1. The maximum atomic E-state index is 12.8. The highest BCUT2D eigenvalue weighted by atomic mass is 16.6. The van der Waals surface area contributed by atoms with Gasteiger partial charge in [0.05, 0.1) is 6.04 Å². The van der Waals surface area contributed by atoms with Gasteiger partial charge in [0.2, 0.25) is 0 Å². The summed E-state index contributed by atoms with van der Waals surface area (Å²) in [4.78, 5) is 19.3. The number of piperidine rings is 1. The molecule has 140 valence electrons. The minimum atomic E-state index is -0.189. The van der Waals surface area contributed by atoms with E-state index >= 15 is 0 Å². The van der Waals surface area contributed by atoms with E-state index < -0.39 is 0 Å². The number of hydrogen-bond acceptors (Lipinski definition) is 3. The van der Waals surface area contributed by atoms with Crippen LogP contribution in [0.15, 0.2) is 48.5 Å². The Morgan fingerprint density at radius 1 is 1.15 bits per heavy atom. The summed E-state index contributed by atoms with van der Waals surface area (Å²) in [6.45, 7) is 4.40. The van der Waals surface area contributed by atoms with Crippen LogP contribution in [0.25, 0.3) is 5.57 Å². The minimum absolute atomic E-state index is 0.129. The van der Waals surface area contributed by atoms with E-state index in [2.05, 4.69) is 23.2 Å². The third kappa shape index (κ3) is 3.90. The molecule has 4 rings (SSSR count). The first kappa shape index (κ1) is 17.8. The van der Waals surface area contributed by atoms with Crippen LogP contribution in [0.4, 0.5) is 4.79 Å². The van der Waals surface area contributed by atoms with Crippen molar-refractivity contribution in [3.8, 4) is 0 Å². The van der Waals surface area contributed by atoms with Crippen molar-refractivity contribution >= 4 is 11.7 Å². The van der Waals surface area contributed by atoms with E-state index in [1.165, 1.54) is 11.1 Å². The Labute approximate surface area is 160 Å². The molecule has 1 amide bonds. The Morgan fingerprint density at radius 3 is 2.59 bits per heavy atom. The number of carbonyl (C=O) groups is 1. The Kier molecular flexibility index (Phi) is 4.97. The number of fused-ring (bicyclic) bond motifs is 2. The van der Waals surface area contributed by atoms with Gasteiger partial charge < -0.3 is 4.74 Å². The molecule has 0 saturated carbocycles. The second-order valence-corrected chi connectivity index (χ2v) is 7.63. The molecule has 2 atom stereocenters. The summed E-state index contributed by atoms with van der Waals surface area (Å²) in [6, 6.07) is 14.5. The monoisotopic (exact) mass is 362 g/mol. The normalized spacial score (nSPS) is 21.6. The summed E-state index contributed by atoms with van der Waals surface area (Å²) in [5.41, 5.74) is 5.69. The summed E-state index contributed by atoms with van der Waals surface area (Å²) >= 11 is 0. The molecule has 1 saturated heterocycles. The smallest absolute Gasteiger partial charge is 0.410 e. The van der Waals surface area contributed by atoms with Crippen molar-refractivity contribution in [3.63, 3.8) is 0 Å². The maximum Gasteiger partial charge on any atom is 0.410 e. The van der Waals surface area contributed by atoms with E-state index in [4.69, 9.17) is 4.74 Å². The first-order valence-corrected chi connectivity index (χ1v) is 9.75. The first-order chi connectivity index (χ1) is 13.1. The minimum Gasteiger partial charge on any atom is -0.445 e. The molecule has 4 nitrogen and oxygen atoms in total. The van der Waals surface area contributed by atoms with Crippen LogP contribution in [0.3, 0.4) is 0 Å². The predicted octanol–water partition coefficient (Wildman–Crippen LogP) is 5.05. The number of aryl methyl sites for hydroxylation is 2. The Balaban J connectivity index is 1.52. The van der Waals surface area contributed by atoms with Gasteiger partial charge in [-0.3, -0.25) is 9.88 Å². The second-order valence-electron chi connectivity index (χ2n) is 7.63. The molecule has 2 aliphatic heterocycles. The predicted molar refractivity (Wildman–Crippen MR) is 106 cm³/mol. The van der Waals surface area contributed by atoms with E-state index in [1.807, 2.05) is 49.1 Å². The average Bonchev–Trinajstić information content (AvgIpc) is 2.65. The zero-order valence-electron chi connectivity index (χ0n) is 16.0. The average molecular weight is 362 g/mol. The molecule has 1 aromatic carbocycles. The molecule has 2 unspecified atom stereocenters. The number of amides is 1. The Hall–Kier alpha value is -2.62. The second kappa shape index (κ2) is 7.55. The largest absolute Gasteiger partial charge is 0.445 e. The van der Waals surface area contributed by atoms with E-state index in [-0.39, 0.29) is 18.2 Å². The Morgan fingerprint density at radius 2 is 1.89 bits per heavy atom. The van der Waals surface area contributed by atoms with Gasteiger partial charge in [-0.2, -0.15) is 0 Å². The number of benzene rings is 1. The highest BCUT2D eigenvalue weighted by Gasteiger charge is 2.38. The van der Waals surface area contributed by atoms with Crippen molar-refractivity contribution in [1.29, 1.82) is 0 Å². The van der Waals surface area contributed by atoms with E-state index in [0.29, 0.717) is 6.61 Å². The Bertz CT molecular complexity index is 840. The van der Waals surface area contributed by atoms with Crippen LogP contribution in [0, 0.1) is 13.8 Å². The standard InChI is InChI=1S/C23H26N2O2/c1-16-11-19(12-17(2)24-16)20-13-21-9-6-10-22(14-20)25(21)23(26)27-15-18-7-4-3-5-8-18/h3-5,7-8,11-13,21-22H,6,9-10,14-15H2,1-2H3. The van der Waals surface area contributed by atoms with Crippen LogP contribution in [-0.2, 0) is 11.3 Å². The lowest BCUT2D eigenvalue weighted by atomic mass is 9.83. The summed E-state index contributed by atoms with van der Waals surface area (Å²) in [6.07, 6.45) is 6.18. The van der Waals surface area contributed by atoms with Crippen molar-refractivity contribution in [3.05, 3.63) is 71.1 Å². The van der Waals surface area contributed by atoms with Crippen molar-refractivity contribution in [1.82, 2.24) is 9.88 Å². The van der Waals surface area contributed by atoms with Crippen molar-refractivity contribution in [2.24, 2.45) is 0 Å². The SMILES string of the molecule is Cc1cc(C2=CC3CCCC(C2)N3C(=O)OCc2ccccc2)cc(C)n1. The van der Waals surface area contributed by atoms with Gasteiger partial charge in [-0.25, -0.2) is 4.79 Å². The lowest BCUT2D eigenvalue weighted by Gasteiger charge is -2.44. The van der Waals surface area contributed by atoms with E-state index in [1.54, 1.807) is 0 Å². The van der Waals surface area contributed by atoms with Gasteiger partial charge in [0.25, 0.3) is 0 Å². The van der Waals surface area contributed by atoms with Crippen LogP contribution in [0.1, 0.15) is 48.2 Å². The van der Waals surface area contributed by atoms with Gasteiger partial charge in [-0.1, -0.05) is 36.4 Å². The zero-order chi connectivity index (χ0) is 18.8. The first-order valence-electron chi connectivity index (χ1n) is 9.75. The van der Waals surface area contributed by atoms with Gasteiger partial charge in [0.15, 0.2) is 0 Å². The number of carbonyl (C=O) groups excluding carboxylic acids is 1. The molecule has 0 N–H and O–H groups in total. The molecule has 4 heteroatoms. The fourth-order valence-corrected chi connectivity index (χ4v) is 4.34. The molecule has 2 bridgehead atoms. The maximum absolute atomic E-state index is 12.8. The van der Waals surface area contributed by atoms with E-state index in [9.17, 15) is 4.79 Å². The molecule has 0 spiro atoms. The molecule has 0 radical (unpaired) electrons. The van der Waals surface area contributed by atoms with Crippen LogP contribution in [0.2, 0.25) is 0 Å². The van der Waals surface area contributed by atoms with E-state index in [0.717, 1.165) is 42.6 Å². The van der Waals surface area contributed by atoms with Crippen LogP contribution in [-0.4, -0.2) is 28.1 Å². The third-order valence-corrected chi connectivity index (χ3v) is 5.51. The molecule has 0 aliphatic carbocycles. The molecule has 1 fully saturated rings. The van der Waals surface area contributed by atoms with Crippen LogP contribution < -0.4 is 0 Å². The molecule has 2 aliphatic rings. The lowest BCUT2D eigenvalue weighted by molar-refractivity contribution is 0.0510. The highest BCUT2D eigenvalue weighted by Crippen LogP contribution is 2.37. The third-order valence-electron chi connectivity index (χ3n) is 5.51. The van der Waals surface area contributed by atoms with Gasteiger partial charge >= 0.3 is 6.09 Å². The summed E-state index contributed by atoms with van der Waals surface area (Å²) in [5.74, 6) is 0. The summed E-state index contributed by atoms with van der Waals surface area (Å²) in [5, 5.41) is 0. The van der Waals surface area contributed by atoms with Crippen molar-refractivity contribution in [2.45, 2.75) is 58.2 Å². The molecule has 1 aromatic heterocycles. The quantitative estimate of drug-likeness (QED) is 0.768.